The largest absolute Gasteiger partial charge is 0.355 e. The summed E-state index contributed by atoms with van der Waals surface area (Å²) in [5.41, 5.74) is 5.09. The van der Waals surface area contributed by atoms with Gasteiger partial charge in [-0.05, 0) is 23.6 Å². The molecule has 0 aromatic heterocycles. The summed E-state index contributed by atoms with van der Waals surface area (Å²) >= 11 is 0. The molecule has 0 saturated carbocycles. The van der Waals surface area contributed by atoms with Gasteiger partial charge in [0.25, 0.3) is 0 Å². The molecule has 0 unspecified atom stereocenters. The molecule has 3 rings (SSSR count). The van der Waals surface area contributed by atoms with Crippen LogP contribution < -0.4 is 0 Å². The van der Waals surface area contributed by atoms with Crippen molar-refractivity contribution >= 4 is 0 Å². The third-order valence-corrected chi connectivity index (χ3v) is 3.57. The van der Waals surface area contributed by atoms with E-state index in [2.05, 4.69) is 55.5 Å². The predicted molar refractivity (Wildman–Crippen MR) is 76.1 cm³/mol. The number of ether oxygens (including phenoxy) is 2. The van der Waals surface area contributed by atoms with E-state index >= 15 is 0 Å². The number of benzene rings is 2. The van der Waals surface area contributed by atoms with Gasteiger partial charge in [-0.3, -0.25) is 0 Å². The summed E-state index contributed by atoms with van der Waals surface area (Å²) in [5.74, 6) is 0.362. The van der Waals surface area contributed by atoms with E-state index in [0.717, 1.165) is 13.2 Å². The van der Waals surface area contributed by atoms with E-state index in [-0.39, 0.29) is 0 Å². The van der Waals surface area contributed by atoms with Gasteiger partial charge < -0.3 is 9.47 Å². The Morgan fingerprint density at radius 3 is 1.89 bits per heavy atom. The van der Waals surface area contributed by atoms with E-state index in [1.165, 1.54) is 22.3 Å². The zero-order valence-electron chi connectivity index (χ0n) is 11.1. The van der Waals surface area contributed by atoms with E-state index < -0.39 is 0 Å². The first-order valence-corrected chi connectivity index (χ1v) is 6.65. The third-order valence-electron chi connectivity index (χ3n) is 3.57. The van der Waals surface area contributed by atoms with Crippen molar-refractivity contribution in [2.24, 2.45) is 0 Å². The van der Waals surface area contributed by atoms with Gasteiger partial charge >= 0.3 is 0 Å². The summed E-state index contributed by atoms with van der Waals surface area (Å²) in [7, 11) is 0. The summed E-state index contributed by atoms with van der Waals surface area (Å²) in [6.07, 6.45) is 0. The van der Waals surface area contributed by atoms with Crippen molar-refractivity contribution in [1.82, 2.24) is 0 Å². The monoisotopic (exact) mass is 254 g/mol. The van der Waals surface area contributed by atoms with Crippen molar-refractivity contribution in [3.63, 3.8) is 0 Å². The van der Waals surface area contributed by atoms with Crippen LogP contribution in [-0.2, 0) is 9.47 Å². The summed E-state index contributed by atoms with van der Waals surface area (Å²) in [5, 5.41) is 0. The molecule has 1 heterocycles. The second-order valence-electron chi connectivity index (χ2n) is 5.04. The Morgan fingerprint density at radius 2 is 1.32 bits per heavy atom. The molecule has 1 saturated heterocycles. The predicted octanol–water partition coefficient (Wildman–Crippen LogP) is 3.75. The van der Waals surface area contributed by atoms with Crippen LogP contribution >= 0.6 is 0 Å². The molecule has 2 aromatic carbocycles. The fourth-order valence-electron chi connectivity index (χ4n) is 2.37. The van der Waals surface area contributed by atoms with E-state index in [9.17, 15) is 0 Å². The molecule has 1 fully saturated rings. The molecule has 1 aliphatic rings. The second kappa shape index (κ2) is 5.55. The van der Waals surface area contributed by atoms with Gasteiger partial charge in [0.1, 0.15) is 6.79 Å². The number of aryl methyl sites for hydroxylation is 1. The lowest BCUT2D eigenvalue weighted by Gasteiger charge is -2.22. The van der Waals surface area contributed by atoms with Crippen LogP contribution in [0, 0.1) is 6.92 Å². The maximum absolute atomic E-state index is 5.34. The number of rotatable bonds is 2. The quantitative estimate of drug-likeness (QED) is 0.812. The van der Waals surface area contributed by atoms with Crippen molar-refractivity contribution in [3.8, 4) is 11.1 Å². The molecule has 0 aliphatic carbocycles. The zero-order valence-corrected chi connectivity index (χ0v) is 11.1. The first kappa shape index (κ1) is 12.4. The Hall–Kier alpha value is -1.64. The Labute approximate surface area is 114 Å². The molecule has 0 spiro atoms. The molecule has 0 amide bonds. The van der Waals surface area contributed by atoms with Crippen LogP contribution in [0.5, 0.6) is 0 Å². The van der Waals surface area contributed by atoms with Crippen molar-refractivity contribution in [1.29, 1.82) is 0 Å². The minimum Gasteiger partial charge on any atom is -0.355 e. The molecule has 2 nitrogen and oxygen atoms in total. The first-order chi connectivity index (χ1) is 9.33. The molecule has 19 heavy (non-hydrogen) atoms. The highest BCUT2D eigenvalue weighted by atomic mass is 16.7. The van der Waals surface area contributed by atoms with Crippen LogP contribution in [-0.4, -0.2) is 20.0 Å². The summed E-state index contributed by atoms with van der Waals surface area (Å²) in [4.78, 5) is 0. The van der Waals surface area contributed by atoms with Crippen molar-refractivity contribution < 1.29 is 9.47 Å². The molecule has 1 aliphatic heterocycles. The molecule has 2 aromatic rings. The fraction of sp³-hybridized carbons (Fsp3) is 0.294. The van der Waals surface area contributed by atoms with Crippen LogP contribution in [0.3, 0.4) is 0 Å². The highest BCUT2D eigenvalue weighted by Crippen LogP contribution is 2.24. The Morgan fingerprint density at radius 1 is 0.789 bits per heavy atom. The SMILES string of the molecule is Cc1ccc(-c2ccc(C3COCOC3)cc2)cc1. The van der Waals surface area contributed by atoms with Crippen molar-refractivity contribution in [3.05, 3.63) is 59.7 Å². The fourth-order valence-corrected chi connectivity index (χ4v) is 2.37. The van der Waals surface area contributed by atoms with E-state index in [0.29, 0.717) is 12.7 Å². The van der Waals surface area contributed by atoms with Gasteiger partial charge in [0.05, 0.1) is 13.2 Å². The smallest absolute Gasteiger partial charge is 0.146 e. The molecule has 0 atom stereocenters. The Balaban J connectivity index is 1.80. The lowest BCUT2D eigenvalue weighted by Crippen LogP contribution is -2.22. The summed E-state index contributed by atoms with van der Waals surface area (Å²) < 4.78 is 10.7. The van der Waals surface area contributed by atoms with Crippen LogP contribution in [0.15, 0.2) is 48.5 Å². The van der Waals surface area contributed by atoms with Gasteiger partial charge in [0.15, 0.2) is 0 Å². The van der Waals surface area contributed by atoms with Gasteiger partial charge in [-0.1, -0.05) is 54.1 Å². The average molecular weight is 254 g/mol. The lowest BCUT2D eigenvalue weighted by atomic mass is 9.97. The van der Waals surface area contributed by atoms with E-state index in [1.54, 1.807) is 0 Å². The van der Waals surface area contributed by atoms with Crippen LogP contribution in [0.25, 0.3) is 11.1 Å². The second-order valence-corrected chi connectivity index (χ2v) is 5.04. The van der Waals surface area contributed by atoms with Gasteiger partial charge in [-0.2, -0.15) is 0 Å². The van der Waals surface area contributed by atoms with Gasteiger partial charge in [0, 0.05) is 5.92 Å². The standard InChI is InChI=1S/C17H18O2/c1-13-2-4-14(5-3-13)15-6-8-16(9-7-15)17-10-18-12-19-11-17/h2-9,17H,10-12H2,1H3. The molecule has 0 bridgehead atoms. The van der Waals surface area contributed by atoms with E-state index in [1.807, 2.05) is 0 Å². The average Bonchev–Trinajstić information content (AvgIpc) is 2.49. The highest BCUT2D eigenvalue weighted by Gasteiger charge is 2.16. The Bertz CT molecular complexity index is 522. The normalized spacial score (nSPS) is 16.5. The maximum atomic E-state index is 5.34. The number of hydrogen-bond donors (Lipinski definition) is 0. The van der Waals surface area contributed by atoms with Crippen molar-refractivity contribution in [2.45, 2.75) is 12.8 Å². The zero-order chi connectivity index (χ0) is 13.1. The third kappa shape index (κ3) is 2.86. The topological polar surface area (TPSA) is 18.5 Å². The first-order valence-electron chi connectivity index (χ1n) is 6.65. The maximum Gasteiger partial charge on any atom is 0.146 e. The number of hydrogen-bond acceptors (Lipinski definition) is 2. The van der Waals surface area contributed by atoms with Gasteiger partial charge in [-0.15, -0.1) is 0 Å². The van der Waals surface area contributed by atoms with Gasteiger partial charge in [-0.25, -0.2) is 0 Å². The Kier molecular flexibility index (Phi) is 3.62. The van der Waals surface area contributed by atoms with Gasteiger partial charge in [0.2, 0.25) is 0 Å². The molecule has 98 valence electrons. The van der Waals surface area contributed by atoms with Crippen LogP contribution in [0.1, 0.15) is 17.0 Å². The summed E-state index contributed by atoms with van der Waals surface area (Å²) in [6, 6.07) is 17.3. The van der Waals surface area contributed by atoms with Crippen LogP contribution in [0.2, 0.25) is 0 Å². The van der Waals surface area contributed by atoms with Crippen LogP contribution in [0.4, 0.5) is 0 Å². The lowest BCUT2D eigenvalue weighted by molar-refractivity contribution is -0.108. The van der Waals surface area contributed by atoms with E-state index in [4.69, 9.17) is 9.47 Å². The molecule has 0 N–H and O–H groups in total. The summed E-state index contributed by atoms with van der Waals surface area (Å²) in [6.45, 7) is 4.04. The highest BCUT2D eigenvalue weighted by molar-refractivity contribution is 5.64. The molecular formula is C17H18O2. The molecule has 0 radical (unpaired) electrons. The molecular weight excluding hydrogens is 236 g/mol. The minimum absolute atomic E-state index is 0.362. The minimum atomic E-state index is 0.362. The van der Waals surface area contributed by atoms with Crippen molar-refractivity contribution in [2.75, 3.05) is 20.0 Å². The molecule has 2 heteroatoms.